The van der Waals surface area contributed by atoms with Crippen molar-refractivity contribution in [3.63, 3.8) is 0 Å². The number of esters is 1. The highest BCUT2D eigenvalue weighted by Crippen LogP contribution is 2.13. The maximum atomic E-state index is 12.4. The van der Waals surface area contributed by atoms with E-state index in [1.165, 1.54) is 7.11 Å². The maximum Gasteiger partial charge on any atom is 0.321 e. The lowest BCUT2D eigenvalue weighted by Crippen LogP contribution is -2.39. The van der Waals surface area contributed by atoms with Gasteiger partial charge in [0.2, 0.25) is 5.88 Å². The van der Waals surface area contributed by atoms with Gasteiger partial charge in [-0.3, -0.25) is 9.69 Å². The van der Waals surface area contributed by atoms with E-state index in [0.29, 0.717) is 44.4 Å². The van der Waals surface area contributed by atoms with Crippen molar-refractivity contribution >= 4 is 17.7 Å². The number of hydrogen-bond donors (Lipinski definition) is 1. The molecule has 0 aromatic carbocycles. The van der Waals surface area contributed by atoms with E-state index in [4.69, 9.17) is 9.47 Å². The number of carbonyl (C=O) groups is 2. The molecule has 9 nitrogen and oxygen atoms in total. The fourth-order valence-corrected chi connectivity index (χ4v) is 2.55. The van der Waals surface area contributed by atoms with E-state index in [2.05, 4.69) is 15.0 Å². The Morgan fingerprint density at radius 1 is 1.15 bits per heavy atom. The lowest BCUT2D eigenvalue weighted by molar-refractivity contribution is -0.141. The zero-order chi connectivity index (χ0) is 18.8. The third kappa shape index (κ3) is 6.49. The first-order chi connectivity index (χ1) is 12.6. The second-order valence-electron chi connectivity index (χ2n) is 5.85. The Balaban J connectivity index is 1.80. The highest BCUT2D eigenvalue weighted by molar-refractivity contribution is 5.89. The van der Waals surface area contributed by atoms with E-state index in [1.54, 1.807) is 30.3 Å². The maximum absolute atomic E-state index is 12.4. The fraction of sp³-hybridized carbons (Fsp3) is 0.588. The van der Waals surface area contributed by atoms with Crippen molar-refractivity contribution in [3.05, 3.63) is 18.3 Å². The molecule has 1 fully saturated rings. The Hall–Kier alpha value is -2.39. The second kappa shape index (κ2) is 10.6. The van der Waals surface area contributed by atoms with E-state index in [0.717, 1.165) is 13.0 Å². The lowest BCUT2D eigenvalue weighted by Gasteiger charge is -2.21. The summed E-state index contributed by atoms with van der Waals surface area (Å²) in [6.07, 6.45) is 2.36. The molecule has 0 atom stereocenters. The van der Waals surface area contributed by atoms with Crippen LogP contribution in [0.15, 0.2) is 18.3 Å². The molecule has 0 saturated carbocycles. The van der Waals surface area contributed by atoms with Crippen molar-refractivity contribution in [3.8, 4) is 5.88 Å². The van der Waals surface area contributed by atoms with E-state index >= 15 is 0 Å². The van der Waals surface area contributed by atoms with Crippen LogP contribution in [-0.4, -0.2) is 86.9 Å². The molecule has 1 aliphatic rings. The molecule has 26 heavy (non-hydrogen) atoms. The molecule has 1 saturated heterocycles. The Morgan fingerprint density at radius 3 is 2.69 bits per heavy atom. The van der Waals surface area contributed by atoms with Crippen molar-refractivity contribution in [1.29, 1.82) is 0 Å². The Kier molecular flexibility index (Phi) is 8.10. The Bertz CT molecular complexity index is 581. The first-order valence-electron chi connectivity index (χ1n) is 8.55. The molecule has 144 valence electrons. The van der Waals surface area contributed by atoms with Crippen molar-refractivity contribution in [2.45, 2.75) is 6.42 Å². The molecule has 1 aliphatic heterocycles. The minimum absolute atomic E-state index is 0.181. The molecule has 0 radical (unpaired) electrons. The zero-order valence-corrected chi connectivity index (χ0v) is 15.3. The van der Waals surface area contributed by atoms with Gasteiger partial charge < -0.3 is 24.4 Å². The van der Waals surface area contributed by atoms with Crippen molar-refractivity contribution in [2.24, 2.45) is 0 Å². The van der Waals surface area contributed by atoms with Crippen LogP contribution >= 0.6 is 0 Å². The van der Waals surface area contributed by atoms with Gasteiger partial charge in [0.15, 0.2) is 0 Å². The molecular formula is C17H26N4O5. The molecule has 2 heterocycles. The topological polar surface area (TPSA) is 93.2 Å². The first kappa shape index (κ1) is 19.9. The Morgan fingerprint density at radius 2 is 2.00 bits per heavy atom. The third-order valence-corrected chi connectivity index (χ3v) is 3.98. The van der Waals surface area contributed by atoms with Crippen LogP contribution < -0.4 is 10.1 Å². The smallest absolute Gasteiger partial charge is 0.321 e. The molecule has 1 N–H and O–H groups in total. The van der Waals surface area contributed by atoms with Crippen LogP contribution in [0.5, 0.6) is 5.88 Å². The van der Waals surface area contributed by atoms with Gasteiger partial charge in [-0.05, 0) is 12.5 Å². The van der Waals surface area contributed by atoms with Gasteiger partial charge in [-0.15, -0.1) is 0 Å². The van der Waals surface area contributed by atoms with Crippen LogP contribution in [0.3, 0.4) is 0 Å². The van der Waals surface area contributed by atoms with Crippen LogP contribution in [0.1, 0.15) is 6.42 Å². The van der Waals surface area contributed by atoms with E-state index < -0.39 is 0 Å². The summed E-state index contributed by atoms with van der Waals surface area (Å²) in [5.74, 6) is 0.218. The van der Waals surface area contributed by atoms with Gasteiger partial charge in [-0.25, -0.2) is 9.78 Å². The van der Waals surface area contributed by atoms with E-state index in [9.17, 15) is 9.59 Å². The highest BCUT2D eigenvalue weighted by Gasteiger charge is 2.20. The first-order valence-corrected chi connectivity index (χ1v) is 8.55. The molecule has 0 bridgehead atoms. The summed E-state index contributed by atoms with van der Waals surface area (Å²) < 4.78 is 15.0. The van der Waals surface area contributed by atoms with Gasteiger partial charge in [0, 0.05) is 39.4 Å². The van der Waals surface area contributed by atoms with Crippen molar-refractivity contribution < 1.29 is 23.8 Å². The quantitative estimate of drug-likeness (QED) is 0.564. The van der Waals surface area contributed by atoms with Crippen molar-refractivity contribution in [1.82, 2.24) is 14.8 Å². The SMILES string of the molecule is COCCOc1ccc(NC(=O)N2CCCN(CC(=O)OC)CC2)cn1. The summed E-state index contributed by atoms with van der Waals surface area (Å²) in [4.78, 5) is 31.7. The number of ether oxygens (including phenoxy) is 3. The molecule has 0 spiro atoms. The summed E-state index contributed by atoms with van der Waals surface area (Å²) in [6, 6.07) is 3.26. The molecule has 2 rings (SSSR count). The number of pyridine rings is 1. The average molecular weight is 366 g/mol. The lowest BCUT2D eigenvalue weighted by atomic mass is 10.4. The summed E-state index contributed by atoms with van der Waals surface area (Å²) in [5.41, 5.74) is 0.602. The predicted octanol–water partition coefficient (Wildman–Crippen LogP) is 0.819. The van der Waals surface area contributed by atoms with Gasteiger partial charge >= 0.3 is 12.0 Å². The zero-order valence-electron chi connectivity index (χ0n) is 15.3. The number of amides is 2. The Labute approximate surface area is 153 Å². The number of carbonyl (C=O) groups excluding carboxylic acids is 2. The predicted molar refractivity (Wildman–Crippen MR) is 95.3 cm³/mol. The van der Waals surface area contributed by atoms with Crippen LogP contribution in [0.2, 0.25) is 0 Å². The third-order valence-electron chi connectivity index (χ3n) is 3.98. The van der Waals surface area contributed by atoms with Gasteiger partial charge in [0.25, 0.3) is 0 Å². The average Bonchev–Trinajstić information content (AvgIpc) is 2.89. The molecule has 1 aromatic heterocycles. The summed E-state index contributed by atoms with van der Waals surface area (Å²) in [7, 11) is 2.98. The van der Waals surface area contributed by atoms with Gasteiger partial charge in [0.05, 0.1) is 32.1 Å². The molecule has 9 heteroatoms. The summed E-state index contributed by atoms with van der Waals surface area (Å²) >= 11 is 0. The number of hydrogen-bond acceptors (Lipinski definition) is 7. The summed E-state index contributed by atoms with van der Waals surface area (Å²) in [6.45, 7) is 3.73. The normalized spacial score (nSPS) is 15.2. The van der Waals surface area contributed by atoms with Crippen LogP contribution in [0.4, 0.5) is 10.5 Å². The number of aromatic nitrogens is 1. The number of methoxy groups -OCH3 is 2. The molecule has 0 unspecified atom stereocenters. The number of nitrogens with one attached hydrogen (secondary N) is 1. The number of anilines is 1. The standard InChI is InChI=1S/C17H26N4O5/c1-24-10-11-26-15-5-4-14(12-18-15)19-17(23)21-7-3-6-20(8-9-21)13-16(22)25-2/h4-5,12H,3,6-11,13H2,1-2H3,(H,19,23). The fourth-order valence-electron chi connectivity index (χ4n) is 2.55. The van der Waals surface area contributed by atoms with Crippen LogP contribution in [-0.2, 0) is 14.3 Å². The van der Waals surface area contributed by atoms with Crippen LogP contribution in [0, 0.1) is 0 Å². The number of urea groups is 1. The minimum Gasteiger partial charge on any atom is -0.475 e. The number of rotatable bonds is 7. The minimum atomic E-state index is -0.262. The van der Waals surface area contributed by atoms with Gasteiger partial charge in [-0.1, -0.05) is 0 Å². The highest BCUT2D eigenvalue weighted by atomic mass is 16.5. The van der Waals surface area contributed by atoms with Gasteiger partial charge in [0.1, 0.15) is 6.61 Å². The van der Waals surface area contributed by atoms with E-state index in [-0.39, 0.29) is 18.5 Å². The van der Waals surface area contributed by atoms with Crippen LogP contribution in [0.25, 0.3) is 0 Å². The second-order valence-corrected chi connectivity index (χ2v) is 5.85. The molecular weight excluding hydrogens is 340 g/mol. The molecule has 2 amide bonds. The van der Waals surface area contributed by atoms with Crippen molar-refractivity contribution in [2.75, 3.05) is 65.5 Å². The van der Waals surface area contributed by atoms with Gasteiger partial charge in [-0.2, -0.15) is 0 Å². The number of nitrogens with zero attached hydrogens (tertiary/aromatic N) is 3. The largest absolute Gasteiger partial charge is 0.475 e. The van der Waals surface area contributed by atoms with E-state index in [1.807, 2.05) is 4.90 Å². The molecule has 1 aromatic rings. The summed E-state index contributed by atoms with van der Waals surface area (Å²) in [5, 5.41) is 2.83. The monoisotopic (exact) mass is 366 g/mol. The molecule has 0 aliphatic carbocycles.